The van der Waals surface area contributed by atoms with E-state index < -0.39 is 17.5 Å². The van der Waals surface area contributed by atoms with E-state index in [9.17, 15) is 13.2 Å². The van der Waals surface area contributed by atoms with E-state index in [1.807, 2.05) is 0 Å². The quantitative estimate of drug-likeness (QED) is 0.659. The molecule has 0 bridgehead atoms. The van der Waals surface area contributed by atoms with E-state index >= 15 is 0 Å². The van der Waals surface area contributed by atoms with Crippen LogP contribution in [0.4, 0.5) is 13.2 Å². The molecule has 0 aliphatic heterocycles. The lowest BCUT2D eigenvalue weighted by atomic mass is 10.0. The van der Waals surface area contributed by atoms with Crippen molar-refractivity contribution in [2.75, 3.05) is 0 Å². The summed E-state index contributed by atoms with van der Waals surface area (Å²) < 4.78 is 36.9. The van der Waals surface area contributed by atoms with Gasteiger partial charge in [-0.15, -0.1) is 11.6 Å². The Hall–Kier alpha value is -0.700. The van der Waals surface area contributed by atoms with E-state index in [1.165, 1.54) is 0 Å². The first kappa shape index (κ1) is 11.4. The molecular weight excluding hydrogens is 213 g/mol. The lowest BCUT2D eigenvalue weighted by molar-refractivity contribution is -0.170. The van der Waals surface area contributed by atoms with Crippen molar-refractivity contribution in [1.29, 1.82) is 0 Å². The van der Waals surface area contributed by atoms with Gasteiger partial charge in [-0.25, -0.2) is 0 Å². The molecule has 0 aliphatic carbocycles. The monoisotopic (exact) mass is 222 g/mol. The smallest absolute Gasteiger partial charge is 0.171 e. The van der Waals surface area contributed by atoms with Crippen LogP contribution in [0.25, 0.3) is 0 Å². The van der Waals surface area contributed by atoms with E-state index in [-0.39, 0.29) is 0 Å². The van der Waals surface area contributed by atoms with Crippen molar-refractivity contribution in [1.82, 2.24) is 0 Å². The molecule has 0 spiro atoms. The van der Waals surface area contributed by atoms with Gasteiger partial charge in [0.15, 0.2) is 0 Å². The van der Waals surface area contributed by atoms with Gasteiger partial charge in [0.25, 0.3) is 0 Å². The summed E-state index contributed by atoms with van der Waals surface area (Å²) in [5.41, 5.74) is 0.499. The van der Waals surface area contributed by atoms with Gasteiger partial charge in [0, 0.05) is 0 Å². The summed E-state index contributed by atoms with van der Waals surface area (Å²) in [6.07, 6.45) is -4.25. The normalized spacial score (nSPS) is 16.4. The van der Waals surface area contributed by atoms with E-state index in [4.69, 9.17) is 11.6 Å². The zero-order valence-corrected chi connectivity index (χ0v) is 8.31. The predicted molar refractivity (Wildman–Crippen MR) is 50.3 cm³/mol. The molecule has 4 heteroatoms. The lowest BCUT2D eigenvalue weighted by Crippen LogP contribution is -2.23. The van der Waals surface area contributed by atoms with Crippen LogP contribution < -0.4 is 0 Å². The molecule has 2 atom stereocenters. The van der Waals surface area contributed by atoms with Crippen LogP contribution in [0, 0.1) is 5.92 Å². The molecular formula is C10H10ClF3. The molecule has 0 fully saturated rings. The minimum Gasteiger partial charge on any atom is -0.171 e. The Balaban J connectivity index is 2.81. The predicted octanol–water partition coefficient (Wildman–Crippen LogP) is 4.16. The zero-order valence-electron chi connectivity index (χ0n) is 7.55. The van der Waals surface area contributed by atoms with Gasteiger partial charge in [-0.1, -0.05) is 37.3 Å². The Morgan fingerprint density at radius 2 is 1.64 bits per heavy atom. The maximum atomic E-state index is 12.3. The summed E-state index contributed by atoms with van der Waals surface area (Å²) in [5, 5.41) is -1.02. The third kappa shape index (κ3) is 2.64. The van der Waals surface area contributed by atoms with E-state index in [0.29, 0.717) is 5.56 Å². The number of benzene rings is 1. The Morgan fingerprint density at radius 3 is 2.07 bits per heavy atom. The third-order valence-electron chi connectivity index (χ3n) is 2.07. The highest BCUT2D eigenvalue weighted by Gasteiger charge is 2.40. The number of hydrogen-bond donors (Lipinski definition) is 0. The van der Waals surface area contributed by atoms with E-state index in [1.54, 1.807) is 30.3 Å². The van der Waals surface area contributed by atoms with Crippen molar-refractivity contribution in [3.8, 4) is 0 Å². The number of alkyl halides is 4. The summed E-state index contributed by atoms with van der Waals surface area (Å²) in [6, 6.07) is 8.28. The molecule has 0 aromatic heterocycles. The molecule has 2 unspecified atom stereocenters. The molecule has 0 saturated carbocycles. The molecule has 0 saturated heterocycles. The molecule has 1 aromatic rings. The standard InChI is InChI=1S/C10H10ClF3/c1-7(10(12,13)14)9(11)8-5-3-2-4-6-8/h2-7,9H,1H3. The first-order valence-electron chi connectivity index (χ1n) is 4.18. The lowest BCUT2D eigenvalue weighted by Gasteiger charge is -2.20. The van der Waals surface area contributed by atoms with Gasteiger partial charge in [-0.3, -0.25) is 0 Å². The number of rotatable bonds is 2. The molecule has 0 nitrogen and oxygen atoms in total. The highest BCUT2D eigenvalue weighted by atomic mass is 35.5. The maximum absolute atomic E-state index is 12.3. The summed E-state index contributed by atoms with van der Waals surface area (Å²) in [4.78, 5) is 0. The summed E-state index contributed by atoms with van der Waals surface area (Å²) >= 11 is 5.72. The average molecular weight is 223 g/mol. The second-order valence-electron chi connectivity index (χ2n) is 3.14. The fourth-order valence-electron chi connectivity index (χ4n) is 1.09. The van der Waals surface area contributed by atoms with Gasteiger partial charge < -0.3 is 0 Å². The fourth-order valence-corrected chi connectivity index (χ4v) is 1.38. The van der Waals surface area contributed by atoms with Gasteiger partial charge in [-0.05, 0) is 5.56 Å². The van der Waals surface area contributed by atoms with Crippen molar-refractivity contribution in [2.24, 2.45) is 5.92 Å². The van der Waals surface area contributed by atoms with Crippen molar-refractivity contribution in [2.45, 2.75) is 18.5 Å². The molecule has 14 heavy (non-hydrogen) atoms. The maximum Gasteiger partial charge on any atom is 0.393 e. The molecule has 0 radical (unpaired) electrons. The summed E-state index contributed by atoms with van der Waals surface area (Å²) in [6.45, 7) is 1.09. The highest BCUT2D eigenvalue weighted by Crippen LogP contribution is 2.39. The number of hydrogen-bond acceptors (Lipinski definition) is 0. The van der Waals surface area contributed by atoms with Crippen LogP contribution in [-0.4, -0.2) is 6.18 Å². The SMILES string of the molecule is CC(C(Cl)c1ccccc1)C(F)(F)F. The zero-order chi connectivity index (χ0) is 10.8. The Morgan fingerprint density at radius 1 is 1.14 bits per heavy atom. The summed E-state index contributed by atoms with van der Waals surface area (Å²) in [5.74, 6) is -1.54. The van der Waals surface area contributed by atoms with Gasteiger partial charge >= 0.3 is 6.18 Å². The van der Waals surface area contributed by atoms with Gasteiger partial charge in [0.05, 0.1) is 11.3 Å². The van der Waals surface area contributed by atoms with Gasteiger partial charge in [-0.2, -0.15) is 13.2 Å². The van der Waals surface area contributed by atoms with Crippen LogP contribution >= 0.6 is 11.6 Å². The topological polar surface area (TPSA) is 0 Å². The Labute approximate surface area is 85.7 Å². The molecule has 1 aromatic carbocycles. The number of halogens is 4. The largest absolute Gasteiger partial charge is 0.393 e. The van der Waals surface area contributed by atoms with Crippen molar-refractivity contribution >= 4 is 11.6 Å². The second kappa shape index (κ2) is 4.22. The second-order valence-corrected chi connectivity index (χ2v) is 3.61. The average Bonchev–Trinajstić information content (AvgIpc) is 2.15. The van der Waals surface area contributed by atoms with Crippen LogP contribution in [-0.2, 0) is 0 Å². The first-order chi connectivity index (χ1) is 6.43. The van der Waals surface area contributed by atoms with Crippen LogP contribution in [0.3, 0.4) is 0 Å². The van der Waals surface area contributed by atoms with Gasteiger partial charge in [0.1, 0.15) is 0 Å². The molecule has 0 aliphatic rings. The highest BCUT2D eigenvalue weighted by molar-refractivity contribution is 6.21. The molecule has 1 rings (SSSR count). The van der Waals surface area contributed by atoms with Crippen molar-refractivity contribution < 1.29 is 13.2 Å². The van der Waals surface area contributed by atoms with E-state index in [2.05, 4.69) is 0 Å². The van der Waals surface area contributed by atoms with Crippen molar-refractivity contribution in [3.05, 3.63) is 35.9 Å². The third-order valence-corrected chi connectivity index (χ3v) is 2.70. The Bertz CT molecular complexity index is 281. The van der Waals surface area contributed by atoms with Crippen molar-refractivity contribution in [3.63, 3.8) is 0 Å². The van der Waals surface area contributed by atoms with E-state index in [0.717, 1.165) is 6.92 Å². The molecule has 0 heterocycles. The van der Waals surface area contributed by atoms with Gasteiger partial charge in [0.2, 0.25) is 0 Å². The minimum atomic E-state index is -4.25. The first-order valence-corrected chi connectivity index (χ1v) is 4.62. The molecule has 78 valence electrons. The fraction of sp³-hybridized carbons (Fsp3) is 0.400. The molecule has 0 N–H and O–H groups in total. The molecule has 0 amide bonds. The Kier molecular flexibility index (Phi) is 3.43. The van der Waals surface area contributed by atoms with Crippen LogP contribution in [0.1, 0.15) is 17.9 Å². The summed E-state index contributed by atoms with van der Waals surface area (Å²) in [7, 11) is 0. The van der Waals surface area contributed by atoms with Crippen LogP contribution in [0.15, 0.2) is 30.3 Å². The van der Waals surface area contributed by atoms with Crippen LogP contribution in [0.2, 0.25) is 0 Å². The van der Waals surface area contributed by atoms with Crippen LogP contribution in [0.5, 0.6) is 0 Å². The minimum absolute atomic E-state index is 0.499.